The van der Waals surface area contributed by atoms with E-state index in [0.29, 0.717) is 11.1 Å². The minimum atomic E-state index is -0.343. The molecule has 26 heavy (non-hydrogen) atoms. The third-order valence-corrected chi connectivity index (χ3v) is 4.48. The maximum atomic E-state index is 12.4. The van der Waals surface area contributed by atoms with Crippen LogP contribution in [0.3, 0.4) is 0 Å². The number of hydrogen-bond acceptors (Lipinski definition) is 3. The van der Waals surface area contributed by atoms with Crippen LogP contribution in [0.15, 0.2) is 51.8 Å². The first-order valence-electron chi connectivity index (χ1n) is 8.64. The number of aromatic nitrogens is 1. The number of rotatable bonds is 2. The molecular weight excluding hydrogens is 324 g/mol. The maximum Gasteiger partial charge on any atom is 0.343 e. The van der Waals surface area contributed by atoms with Gasteiger partial charge in [-0.15, -0.1) is 0 Å². The van der Waals surface area contributed by atoms with Crippen molar-refractivity contribution in [3.05, 3.63) is 75.4 Å². The van der Waals surface area contributed by atoms with Gasteiger partial charge in [0.2, 0.25) is 5.69 Å². The van der Waals surface area contributed by atoms with E-state index in [4.69, 9.17) is 4.42 Å². The first-order chi connectivity index (χ1) is 12.7. The summed E-state index contributed by atoms with van der Waals surface area (Å²) in [6.45, 7) is 1.65. The Labute approximate surface area is 151 Å². The first kappa shape index (κ1) is 16.3. The lowest BCUT2D eigenvalue weighted by molar-refractivity contribution is -0.673. The highest BCUT2D eigenvalue weighted by atomic mass is 16.4. The summed E-state index contributed by atoms with van der Waals surface area (Å²) in [5.41, 5.74) is 3.82. The van der Waals surface area contributed by atoms with Gasteiger partial charge in [-0.2, -0.15) is 0 Å². The van der Waals surface area contributed by atoms with Gasteiger partial charge in [0.25, 0.3) is 0 Å². The molecule has 1 N–H and O–H groups in total. The van der Waals surface area contributed by atoms with E-state index in [0.717, 1.165) is 41.7 Å². The topological polar surface area (TPSA) is 46.1 Å². The molecule has 2 aromatic heterocycles. The molecule has 0 radical (unpaired) electrons. The Kier molecular flexibility index (Phi) is 4.39. The summed E-state index contributed by atoms with van der Waals surface area (Å²) in [5, 5.41) is 4.28. The summed E-state index contributed by atoms with van der Waals surface area (Å²) in [7, 11) is 1.97. The summed E-state index contributed by atoms with van der Waals surface area (Å²) in [5.74, 6) is 6.31. The monoisotopic (exact) mass is 343 g/mol. The van der Waals surface area contributed by atoms with Crippen molar-refractivity contribution in [2.75, 3.05) is 6.54 Å². The van der Waals surface area contributed by atoms with Crippen molar-refractivity contribution in [2.45, 2.75) is 13.0 Å². The van der Waals surface area contributed by atoms with Crippen LogP contribution in [0.5, 0.6) is 0 Å². The van der Waals surface area contributed by atoms with E-state index in [1.165, 1.54) is 0 Å². The summed E-state index contributed by atoms with van der Waals surface area (Å²) in [4.78, 5) is 12.4. The highest BCUT2D eigenvalue weighted by Gasteiger charge is 2.09. The second kappa shape index (κ2) is 6.99. The Morgan fingerprint density at radius 3 is 3.04 bits per heavy atom. The number of hydrogen-bond donors (Lipinski definition) is 1. The zero-order valence-electron chi connectivity index (χ0n) is 14.6. The van der Waals surface area contributed by atoms with Gasteiger partial charge in [-0.3, -0.25) is 0 Å². The molecule has 3 heterocycles. The third-order valence-electron chi connectivity index (χ3n) is 4.48. The van der Waals surface area contributed by atoms with Crippen LogP contribution < -0.4 is 15.5 Å². The Bertz CT molecular complexity index is 1130. The van der Waals surface area contributed by atoms with Crippen molar-refractivity contribution >= 4 is 23.1 Å². The highest BCUT2D eigenvalue weighted by molar-refractivity contribution is 5.82. The summed E-state index contributed by atoms with van der Waals surface area (Å²) in [6, 6.07) is 11.7. The quantitative estimate of drug-likeness (QED) is 0.442. The molecule has 0 fully saturated rings. The molecule has 128 valence electrons. The Morgan fingerprint density at radius 2 is 2.15 bits per heavy atom. The number of fused-ring (bicyclic) bond motifs is 2. The van der Waals surface area contributed by atoms with Crippen LogP contribution in [-0.4, -0.2) is 6.54 Å². The van der Waals surface area contributed by atoms with E-state index in [1.54, 1.807) is 6.08 Å². The fourth-order valence-corrected chi connectivity index (χ4v) is 3.03. The van der Waals surface area contributed by atoms with Crippen LogP contribution in [0.25, 0.3) is 23.1 Å². The lowest BCUT2D eigenvalue weighted by Gasteiger charge is -2.10. The second-order valence-electron chi connectivity index (χ2n) is 6.33. The van der Waals surface area contributed by atoms with Gasteiger partial charge in [0.1, 0.15) is 12.6 Å². The van der Waals surface area contributed by atoms with Crippen LogP contribution in [0.1, 0.15) is 28.8 Å². The van der Waals surface area contributed by atoms with Gasteiger partial charge in [-0.05, 0) is 35.9 Å². The van der Waals surface area contributed by atoms with Gasteiger partial charge >= 0.3 is 5.63 Å². The largest absolute Gasteiger partial charge is 0.422 e. The molecule has 0 aliphatic carbocycles. The van der Waals surface area contributed by atoms with E-state index in [2.05, 4.69) is 23.2 Å². The molecule has 0 saturated heterocycles. The van der Waals surface area contributed by atoms with Gasteiger partial charge in [-0.1, -0.05) is 11.8 Å². The van der Waals surface area contributed by atoms with Crippen LogP contribution >= 0.6 is 0 Å². The van der Waals surface area contributed by atoms with Gasteiger partial charge in [0, 0.05) is 48.7 Å². The average molecular weight is 343 g/mol. The molecule has 4 nitrogen and oxygen atoms in total. The first-order valence-corrected chi connectivity index (χ1v) is 8.64. The molecule has 0 spiro atoms. The summed E-state index contributed by atoms with van der Waals surface area (Å²) < 4.78 is 7.54. The number of pyridine rings is 1. The van der Waals surface area contributed by atoms with Gasteiger partial charge in [-0.25, -0.2) is 9.36 Å². The van der Waals surface area contributed by atoms with Crippen molar-refractivity contribution in [3.8, 4) is 11.8 Å². The highest BCUT2D eigenvalue weighted by Crippen LogP contribution is 2.21. The molecule has 0 bridgehead atoms. The lowest BCUT2D eigenvalue weighted by Crippen LogP contribution is -2.30. The van der Waals surface area contributed by atoms with Crippen molar-refractivity contribution < 1.29 is 8.98 Å². The predicted octanol–water partition coefficient (Wildman–Crippen LogP) is 2.63. The SMILES string of the molecule is C[n+]1ccccc1/C=C/c1cc2cc3c(cc2oc1=O)C#CCCNC3. The van der Waals surface area contributed by atoms with E-state index in [9.17, 15) is 4.79 Å². The smallest absolute Gasteiger partial charge is 0.343 e. The van der Waals surface area contributed by atoms with Crippen molar-refractivity contribution in [1.82, 2.24) is 5.32 Å². The van der Waals surface area contributed by atoms with Crippen molar-refractivity contribution in [3.63, 3.8) is 0 Å². The molecule has 0 amide bonds. The number of aryl methyl sites for hydroxylation is 1. The Hall–Kier alpha value is -3.16. The van der Waals surface area contributed by atoms with Gasteiger partial charge in [0.05, 0.1) is 5.56 Å². The number of nitrogens with zero attached hydrogens (tertiary/aromatic N) is 1. The minimum Gasteiger partial charge on any atom is -0.422 e. The van der Waals surface area contributed by atoms with E-state index in [-0.39, 0.29) is 5.63 Å². The van der Waals surface area contributed by atoms with Crippen molar-refractivity contribution in [1.29, 1.82) is 0 Å². The van der Waals surface area contributed by atoms with Gasteiger partial charge in [0.15, 0.2) is 6.20 Å². The molecule has 0 atom stereocenters. The normalized spacial score (nSPS) is 13.7. The maximum absolute atomic E-state index is 12.4. The van der Waals surface area contributed by atoms with Crippen LogP contribution in [-0.2, 0) is 13.6 Å². The van der Waals surface area contributed by atoms with E-state index in [1.807, 2.05) is 54.2 Å². The summed E-state index contributed by atoms with van der Waals surface area (Å²) in [6.07, 6.45) is 6.50. The van der Waals surface area contributed by atoms with Crippen LogP contribution in [0, 0.1) is 11.8 Å². The molecule has 1 aliphatic rings. The van der Waals surface area contributed by atoms with Gasteiger partial charge < -0.3 is 9.73 Å². The molecule has 4 rings (SSSR count). The second-order valence-corrected chi connectivity index (χ2v) is 6.33. The van der Waals surface area contributed by atoms with Crippen LogP contribution in [0.4, 0.5) is 0 Å². The zero-order valence-corrected chi connectivity index (χ0v) is 14.6. The van der Waals surface area contributed by atoms with Crippen molar-refractivity contribution in [2.24, 2.45) is 7.05 Å². The molecule has 4 heteroatoms. The number of nitrogens with one attached hydrogen (secondary N) is 1. The summed E-state index contributed by atoms with van der Waals surface area (Å²) >= 11 is 0. The molecule has 0 saturated carbocycles. The average Bonchev–Trinajstić information content (AvgIpc) is 2.61. The molecule has 3 aromatic rings. The lowest BCUT2D eigenvalue weighted by atomic mass is 10.0. The standard InChI is InChI=1S/C22H19N2O2/c1-24-11-5-3-7-20(24)9-8-17-12-18-13-19-15-23-10-4-2-6-16(19)14-21(18)26-22(17)25/h3,5,7-9,11-14,23H,4,10,15H2,1H3/q+1/b9-8+. The van der Waals surface area contributed by atoms with Crippen LogP contribution in [0.2, 0.25) is 0 Å². The molecule has 1 aromatic carbocycles. The fourth-order valence-electron chi connectivity index (χ4n) is 3.03. The number of benzene rings is 1. The minimum absolute atomic E-state index is 0.343. The molecular formula is C22H19N2O2+. The zero-order chi connectivity index (χ0) is 17.9. The van der Waals surface area contributed by atoms with E-state index < -0.39 is 0 Å². The van der Waals surface area contributed by atoms with E-state index >= 15 is 0 Å². The molecule has 0 unspecified atom stereocenters. The fraction of sp³-hybridized carbons (Fsp3) is 0.182. The molecule has 1 aliphatic heterocycles. The predicted molar refractivity (Wildman–Crippen MR) is 102 cm³/mol. The third kappa shape index (κ3) is 3.30. The Balaban J connectivity index is 1.78. The Morgan fingerprint density at radius 1 is 1.23 bits per heavy atom.